The van der Waals surface area contributed by atoms with Crippen molar-refractivity contribution in [2.75, 3.05) is 13.7 Å². The van der Waals surface area contributed by atoms with Crippen LogP contribution in [0.4, 0.5) is 4.79 Å². The summed E-state index contributed by atoms with van der Waals surface area (Å²) in [6, 6.07) is 19.3. The molecule has 10 nitrogen and oxygen atoms in total. The molecule has 1 saturated heterocycles. The van der Waals surface area contributed by atoms with Gasteiger partial charge in [-0.05, 0) is 35.4 Å². The second-order valence-corrected chi connectivity index (χ2v) is 8.65. The Hall–Kier alpha value is -4.99. The molecule has 38 heavy (non-hydrogen) atoms. The Balaban J connectivity index is 1.25. The second kappa shape index (κ2) is 10.2. The predicted octanol–water partition coefficient (Wildman–Crippen LogP) is 3.12. The molecule has 0 aromatic heterocycles. The highest BCUT2D eigenvalue weighted by Gasteiger charge is 2.53. The number of carbonyl (C=O) groups excluding carboxylic acids is 5. The number of β-lactam (4-membered cyclic amide) rings is 1. The molecule has 2 aliphatic heterocycles. The summed E-state index contributed by atoms with van der Waals surface area (Å²) < 4.78 is 15.2. The van der Waals surface area contributed by atoms with Gasteiger partial charge in [0.15, 0.2) is 6.04 Å². The van der Waals surface area contributed by atoms with E-state index in [0.29, 0.717) is 5.56 Å². The van der Waals surface area contributed by atoms with E-state index in [1.54, 1.807) is 12.1 Å². The van der Waals surface area contributed by atoms with E-state index in [0.717, 1.165) is 10.5 Å². The number of nitrogens with zero attached hydrogens (tertiary/aromatic N) is 2. The normalized spacial score (nSPS) is 17.0. The number of hydrogen-bond acceptors (Lipinski definition) is 8. The van der Waals surface area contributed by atoms with Crippen molar-refractivity contribution in [2.24, 2.45) is 0 Å². The van der Waals surface area contributed by atoms with Gasteiger partial charge in [0.05, 0.1) is 24.8 Å². The zero-order valence-electron chi connectivity index (χ0n) is 20.2. The monoisotopic (exact) mass is 514 g/mol. The molecule has 2 aliphatic rings. The number of hydrogen-bond donors (Lipinski definition) is 0. The van der Waals surface area contributed by atoms with Crippen LogP contribution < -0.4 is 4.74 Å². The molecule has 2 atom stereocenters. The van der Waals surface area contributed by atoms with E-state index in [-0.39, 0.29) is 30.0 Å². The summed E-state index contributed by atoms with van der Waals surface area (Å²) in [5, 5.41) is 0. The van der Waals surface area contributed by atoms with Crippen molar-refractivity contribution in [1.82, 2.24) is 9.80 Å². The summed E-state index contributed by atoms with van der Waals surface area (Å²) in [5.41, 5.74) is 1.69. The van der Waals surface area contributed by atoms with Crippen LogP contribution in [0, 0.1) is 0 Å². The van der Waals surface area contributed by atoms with Gasteiger partial charge in [0.2, 0.25) is 5.91 Å². The van der Waals surface area contributed by atoms with Crippen LogP contribution >= 0.6 is 0 Å². The van der Waals surface area contributed by atoms with E-state index in [2.05, 4.69) is 0 Å². The van der Waals surface area contributed by atoms with Gasteiger partial charge in [-0.3, -0.25) is 19.3 Å². The van der Waals surface area contributed by atoms with E-state index < -0.39 is 41.9 Å². The molecule has 10 heteroatoms. The first kappa shape index (κ1) is 24.7. The van der Waals surface area contributed by atoms with Crippen molar-refractivity contribution >= 4 is 29.8 Å². The van der Waals surface area contributed by atoms with Crippen LogP contribution in [0.25, 0.3) is 0 Å². The minimum atomic E-state index is -1.11. The molecule has 0 radical (unpaired) electrons. The fourth-order valence-corrected chi connectivity index (χ4v) is 4.46. The van der Waals surface area contributed by atoms with Crippen molar-refractivity contribution in [3.05, 3.63) is 101 Å². The lowest BCUT2D eigenvalue weighted by molar-refractivity contribution is -0.163. The van der Waals surface area contributed by atoms with Crippen LogP contribution in [0.1, 0.15) is 37.9 Å². The summed E-state index contributed by atoms with van der Waals surface area (Å²) >= 11 is 0. The molecule has 3 aromatic carbocycles. The first-order valence-corrected chi connectivity index (χ1v) is 11.7. The Bertz CT molecular complexity index is 1390. The standard InChI is InChI=1S/C28H22N2O8/c1-36-27(34)23(18-11-13-19(14-12-18)38-28(35)37-16-17-7-3-2-4-8-17)29-15-22(26(29)33)30-24(31)20-9-5-6-10-21(20)25(30)32/h2-14,22-23H,15-16H2,1H3. The van der Waals surface area contributed by atoms with Gasteiger partial charge in [0.25, 0.3) is 11.8 Å². The summed E-state index contributed by atoms with van der Waals surface area (Å²) in [5.74, 6) is -2.16. The molecule has 0 saturated carbocycles. The fraction of sp³-hybridized carbons (Fsp3) is 0.179. The van der Waals surface area contributed by atoms with Crippen molar-refractivity contribution in [3.63, 3.8) is 0 Å². The topological polar surface area (TPSA) is 120 Å². The number of methoxy groups -OCH3 is 1. The molecule has 3 amide bonds. The molecule has 1 fully saturated rings. The SMILES string of the molecule is COC(=O)C(c1ccc(OC(=O)OCc2ccccc2)cc1)N1CC(N2C(=O)c3ccccc3C2=O)C1=O. The maximum Gasteiger partial charge on any atom is 0.514 e. The number of likely N-dealkylation sites (tertiary alicyclic amines) is 1. The number of fused-ring (bicyclic) bond motifs is 1. The van der Waals surface area contributed by atoms with Crippen LogP contribution in [0.5, 0.6) is 5.75 Å². The lowest BCUT2D eigenvalue weighted by Crippen LogP contribution is -2.66. The molecule has 192 valence electrons. The van der Waals surface area contributed by atoms with Crippen LogP contribution in [0.3, 0.4) is 0 Å². The van der Waals surface area contributed by atoms with Gasteiger partial charge >= 0.3 is 12.1 Å². The molecule has 5 rings (SSSR count). The van der Waals surface area contributed by atoms with Gasteiger partial charge < -0.3 is 19.1 Å². The molecule has 0 N–H and O–H groups in total. The fourth-order valence-electron chi connectivity index (χ4n) is 4.46. The molecule has 0 bridgehead atoms. The first-order chi connectivity index (χ1) is 18.4. The van der Waals surface area contributed by atoms with Crippen molar-refractivity contribution < 1.29 is 38.2 Å². The van der Waals surface area contributed by atoms with Gasteiger partial charge in [-0.15, -0.1) is 0 Å². The number of rotatable bonds is 7. The predicted molar refractivity (Wildman–Crippen MR) is 131 cm³/mol. The van der Waals surface area contributed by atoms with E-state index in [9.17, 15) is 24.0 Å². The second-order valence-electron chi connectivity index (χ2n) is 8.65. The number of carbonyl (C=O) groups is 5. The minimum absolute atomic E-state index is 0.0336. The van der Waals surface area contributed by atoms with Crippen LogP contribution in [-0.2, 0) is 25.7 Å². The highest BCUT2D eigenvalue weighted by molar-refractivity contribution is 6.23. The van der Waals surface area contributed by atoms with Crippen LogP contribution in [-0.4, -0.2) is 59.3 Å². The van der Waals surface area contributed by atoms with Gasteiger partial charge in [-0.25, -0.2) is 9.59 Å². The Kier molecular flexibility index (Phi) is 6.61. The average Bonchev–Trinajstić information content (AvgIpc) is 3.19. The Morgan fingerprint density at radius 1 is 0.868 bits per heavy atom. The lowest BCUT2D eigenvalue weighted by atomic mass is 9.97. The van der Waals surface area contributed by atoms with E-state index >= 15 is 0 Å². The Morgan fingerprint density at radius 2 is 1.47 bits per heavy atom. The zero-order valence-corrected chi connectivity index (χ0v) is 20.2. The summed E-state index contributed by atoms with van der Waals surface area (Å²) in [6.45, 7) is 0.0155. The third kappa shape index (κ3) is 4.47. The van der Waals surface area contributed by atoms with Crippen molar-refractivity contribution in [3.8, 4) is 5.75 Å². The summed E-state index contributed by atoms with van der Waals surface area (Å²) in [7, 11) is 1.20. The Morgan fingerprint density at radius 3 is 2.05 bits per heavy atom. The first-order valence-electron chi connectivity index (χ1n) is 11.7. The van der Waals surface area contributed by atoms with Crippen molar-refractivity contribution in [1.29, 1.82) is 0 Å². The number of esters is 1. The van der Waals surface area contributed by atoms with Crippen LogP contribution in [0.15, 0.2) is 78.9 Å². The summed E-state index contributed by atoms with van der Waals surface area (Å²) in [4.78, 5) is 65.5. The minimum Gasteiger partial charge on any atom is -0.467 e. The smallest absolute Gasteiger partial charge is 0.467 e. The molecule has 0 aliphatic carbocycles. The highest BCUT2D eigenvalue weighted by Crippen LogP contribution is 2.34. The number of ether oxygens (including phenoxy) is 3. The average molecular weight is 514 g/mol. The molecule has 2 heterocycles. The molecule has 0 spiro atoms. The number of imide groups is 1. The highest BCUT2D eigenvalue weighted by atomic mass is 16.7. The molecule has 3 aromatic rings. The number of amides is 3. The van der Waals surface area contributed by atoms with Gasteiger partial charge in [0.1, 0.15) is 18.4 Å². The maximum absolute atomic E-state index is 13.1. The largest absolute Gasteiger partial charge is 0.514 e. The van der Waals surface area contributed by atoms with Gasteiger partial charge in [-0.2, -0.15) is 0 Å². The van der Waals surface area contributed by atoms with Gasteiger partial charge in [-0.1, -0.05) is 54.6 Å². The van der Waals surface area contributed by atoms with E-state index in [1.165, 1.54) is 48.4 Å². The molecular weight excluding hydrogens is 492 g/mol. The van der Waals surface area contributed by atoms with Crippen LogP contribution in [0.2, 0.25) is 0 Å². The molecular formula is C28H22N2O8. The zero-order chi connectivity index (χ0) is 26.8. The summed E-state index contributed by atoms with van der Waals surface area (Å²) in [6.07, 6.45) is -0.896. The van der Waals surface area contributed by atoms with Crippen molar-refractivity contribution in [2.45, 2.75) is 18.7 Å². The maximum atomic E-state index is 13.1. The third-order valence-corrected chi connectivity index (χ3v) is 6.41. The molecule has 2 unspecified atom stereocenters. The van der Waals surface area contributed by atoms with E-state index in [4.69, 9.17) is 14.2 Å². The quantitative estimate of drug-likeness (QED) is 0.204. The lowest BCUT2D eigenvalue weighted by Gasteiger charge is -2.45. The number of benzene rings is 3. The third-order valence-electron chi connectivity index (χ3n) is 6.41. The van der Waals surface area contributed by atoms with E-state index in [1.807, 2.05) is 30.3 Å². The Labute approximate surface area is 217 Å². The van der Waals surface area contributed by atoms with Gasteiger partial charge in [0, 0.05) is 0 Å².